The minimum Gasteiger partial charge on any atom is -0.497 e. The van der Waals surface area contributed by atoms with E-state index in [1.165, 1.54) is 59.0 Å². The van der Waals surface area contributed by atoms with E-state index < -0.39 is 5.41 Å². The molecule has 0 N–H and O–H groups in total. The molecule has 45 heavy (non-hydrogen) atoms. The topological polar surface area (TPSA) is 46.9 Å². The van der Waals surface area contributed by atoms with Crippen LogP contribution in [0.2, 0.25) is 0 Å². The number of amides is 1. The fourth-order valence-electron chi connectivity index (χ4n) is 8.92. The largest absolute Gasteiger partial charge is 0.497 e. The van der Waals surface area contributed by atoms with Crippen LogP contribution in [0, 0.1) is 5.41 Å². The van der Waals surface area contributed by atoms with E-state index in [4.69, 9.17) is 9.47 Å². The van der Waals surface area contributed by atoms with Gasteiger partial charge in [-0.15, -0.1) is 0 Å². The first-order chi connectivity index (χ1) is 22.0. The number of methoxy groups -OCH3 is 1. The number of nitrogens with zero attached hydrogens (tertiary/aromatic N) is 3. The Hall–Kier alpha value is -3.09. The normalized spacial score (nSPS) is 24.0. The van der Waals surface area contributed by atoms with Gasteiger partial charge in [-0.3, -0.25) is 9.69 Å². The molecule has 1 saturated carbocycles. The Morgan fingerprint density at radius 2 is 1.89 bits per heavy atom. The third-order valence-electron chi connectivity index (χ3n) is 11.6. The molecule has 1 aromatic heterocycles. The lowest BCUT2D eigenvalue weighted by atomic mass is 9.85. The van der Waals surface area contributed by atoms with Gasteiger partial charge >= 0.3 is 0 Å². The Bertz CT molecular complexity index is 1560. The van der Waals surface area contributed by atoms with Crippen molar-refractivity contribution < 1.29 is 14.3 Å². The van der Waals surface area contributed by atoms with E-state index in [1.807, 2.05) is 6.08 Å². The van der Waals surface area contributed by atoms with Crippen LogP contribution in [0.25, 0.3) is 28.2 Å². The molecule has 6 nitrogen and oxygen atoms in total. The van der Waals surface area contributed by atoms with E-state index in [-0.39, 0.29) is 5.92 Å². The third-order valence-corrected chi connectivity index (χ3v) is 11.6. The zero-order chi connectivity index (χ0) is 31.1. The van der Waals surface area contributed by atoms with Crippen LogP contribution < -0.4 is 4.74 Å². The average molecular weight is 610 g/mol. The van der Waals surface area contributed by atoms with E-state index in [0.717, 1.165) is 82.9 Å². The molecule has 0 bridgehead atoms. The van der Waals surface area contributed by atoms with Crippen molar-refractivity contribution in [3.8, 4) is 17.0 Å². The maximum atomic E-state index is 14.8. The number of likely N-dealkylation sites (tertiary alicyclic amines) is 1. The minimum atomic E-state index is -0.421. The molecule has 0 spiro atoms. The summed E-state index contributed by atoms with van der Waals surface area (Å²) in [6.07, 6.45) is 11.0. The molecule has 2 saturated heterocycles. The van der Waals surface area contributed by atoms with Crippen molar-refractivity contribution in [2.24, 2.45) is 5.41 Å². The molecular weight excluding hydrogens is 558 g/mol. The van der Waals surface area contributed by atoms with Crippen molar-refractivity contribution in [1.29, 1.82) is 0 Å². The summed E-state index contributed by atoms with van der Waals surface area (Å²) in [5.41, 5.74) is 7.35. The van der Waals surface area contributed by atoms with Gasteiger partial charge in [-0.25, -0.2) is 0 Å². The van der Waals surface area contributed by atoms with E-state index >= 15 is 0 Å². The van der Waals surface area contributed by atoms with Crippen LogP contribution in [-0.2, 0) is 16.1 Å². The number of rotatable bonds is 10. The van der Waals surface area contributed by atoms with Crippen LogP contribution in [0.15, 0.2) is 43.0 Å². The smallest absolute Gasteiger partial charge is 0.231 e. The number of unbranched alkanes of at least 4 members (excludes halogenated alkanes) is 2. The molecule has 1 amide bonds. The predicted octanol–water partition coefficient (Wildman–Crippen LogP) is 7.84. The predicted molar refractivity (Wildman–Crippen MR) is 183 cm³/mol. The van der Waals surface area contributed by atoms with Crippen LogP contribution in [-0.4, -0.2) is 72.8 Å². The minimum absolute atomic E-state index is 0.206. The lowest BCUT2D eigenvalue weighted by molar-refractivity contribution is -0.139. The van der Waals surface area contributed by atoms with Gasteiger partial charge in [0.05, 0.1) is 31.4 Å². The molecule has 4 heterocycles. The number of aromatic nitrogens is 1. The van der Waals surface area contributed by atoms with Gasteiger partial charge in [-0.05, 0) is 79.0 Å². The maximum absolute atomic E-state index is 14.8. The highest BCUT2D eigenvalue weighted by molar-refractivity contribution is 5.97. The van der Waals surface area contributed by atoms with E-state index in [1.54, 1.807) is 7.11 Å². The zero-order valence-corrected chi connectivity index (χ0v) is 27.7. The number of ether oxygens (including phenoxy) is 2. The number of benzene rings is 2. The average Bonchev–Trinajstić information content (AvgIpc) is 3.77. The van der Waals surface area contributed by atoms with Crippen molar-refractivity contribution in [1.82, 2.24) is 14.4 Å². The second kappa shape index (κ2) is 12.6. The van der Waals surface area contributed by atoms with E-state index in [0.29, 0.717) is 17.9 Å². The summed E-state index contributed by atoms with van der Waals surface area (Å²) >= 11 is 0. The number of fused-ring (bicyclic) bond motifs is 7. The first kappa shape index (κ1) is 30.6. The number of carbonyl (C=O) groups excluding carboxylic acids is 1. The molecule has 3 aromatic rings. The molecule has 6 heteroatoms. The molecule has 3 fully saturated rings. The number of carbonyl (C=O) groups is 1. The fourth-order valence-corrected chi connectivity index (χ4v) is 8.92. The van der Waals surface area contributed by atoms with E-state index in [2.05, 4.69) is 71.2 Å². The molecule has 7 rings (SSSR count). The van der Waals surface area contributed by atoms with Crippen molar-refractivity contribution in [3.63, 3.8) is 0 Å². The second-order valence-electron chi connectivity index (χ2n) is 14.0. The molecule has 4 aliphatic rings. The fraction of sp³-hybridized carbons (Fsp3) is 0.564. The monoisotopic (exact) mass is 609 g/mol. The first-order valence-corrected chi connectivity index (χ1v) is 17.6. The van der Waals surface area contributed by atoms with Gasteiger partial charge in [0.2, 0.25) is 5.91 Å². The van der Waals surface area contributed by atoms with Crippen LogP contribution in [0.4, 0.5) is 0 Å². The lowest BCUT2D eigenvalue weighted by Gasteiger charge is -2.41. The lowest BCUT2D eigenvalue weighted by Crippen LogP contribution is -2.51. The molecule has 1 aliphatic carbocycles. The van der Waals surface area contributed by atoms with Gasteiger partial charge in [0.1, 0.15) is 5.75 Å². The van der Waals surface area contributed by atoms with E-state index in [9.17, 15) is 4.79 Å². The summed E-state index contributed by atoms with van der Waals surface area (Å²) in [6.45, 7) is 14.8. The van der Waals surface area contributed by atoms with Crippen molar-refractivity contribution in [2.75, 3.05) is 46.5 Å². The summed E-state index contributed by atoms with van der Waals surface area (Å²) in [5.74, 6) is 1.91. The molecular formula is C39H51N3O3. The van der Waals surface area contributed by atoms with Gasteiger partial charge in [-0.1, -0.05) is 57.9 Å². The molecule has 3 atom stereocenters. The number of hydrogen-bond acceptors (Lipinski definition) is 4. The summed E-state index contributed by atoms with van der Waals surface area (Å²) < 4.78 is 13.9. The number of hydrogen-bond donors (Lipinski definition) is 0. The summed E-state index contributed by atoms with van der Waals surface area (Å²) in [7, 11) is 1.75. The molecule has 2 aromatic carbocycles. The highest BCUT2D eigenvalue weighted by Gasteiger charge is 2.64. The van der Waals surface area contributed by atoms with Crippen molar-refractivity contribution >= 4 is 22.9 Å². The third kappa shape index (κ3) is 5.32. The summed E-state index contributed by atoms with van der Waals surface area (Å²) in [6, 6.07) is 14.0. The maximum Gasteiger partial charge on any atom is 0.231 e. The summed E-state index contributed by atoms with van der Waals surface area (Å²) in [5, 5.41) is 1.34. The summed E-state index contributed by atoms with van der Waals surface area (Å²) in [4.78, 5) is 19.6. The van der Waals surface area contributed by atoms with Crippen molar-refractivity contribution in [2.45, 2.75) is 89.6 Å². The molecule has 3 aliphatic heterocycles. The number of morpholine rings is 1. The molecule has 0 radical (unpaired) electrons. The molecule has 3 unspecified atom stereocenters. The van der Waals surface area contributed by atoms with Gasteiger partial charge in [0.25, 0.3) is 0 Å². The van der Waals surface area contributed by atoms with Gasteiger partial charge in [-0.2, -0.15) is 0 Å². The number of piperidine rings is 1. The van der Waals surface area contributed by atoms with Gasteiger partial charge < -0.3 is 18.9 Å². The Kier molecular flexibility index (Phi) is 8.56. The molecule has 240 valence electrons. The standard InChI is InChI=1S/C39H51N3O3/c1-5-8-9-10-28(7-3)36-32-13-11-27(6-2)23-35(32)42-26-39(25-34(39)33-24-30(44-4)12-14-31(33)37(36)42)38(43)41-17-15-29(16-18-41)40-19-21-45-22-20-40/h6,11-14,23-24,28-29,34H,2,5,7-10,15-22,25-26H2,1,3-4H3. The SMILES string of the molecule is C=Cc1ccc2c(C(CC)CCCCC)c3n(c2c1)CC1(C(=O)N2CCC(N4CCOCC4)CC2)CC1c1cc(OC)ccc1-3. The van der Waals surface area contributed by atoms with Crippen LogP contribution in [0.1, 0.15) is 93.7 Å². The van der Waals surface area contributed by atoms with Crippen molar-refractivity contribution in [3.05, 3.63) is 59.7 Å². The Balaban J connectivity index is 1.31. The second-order valence-corrected chi connectivity index (χ2v) is 14.0. The van der Waals surface area contributed by atoms with Crippen LogP contribution >= 0.6 is 0 Å². The Morgan fingerprint density at radius 1 is 1.09 bits per heavy atom. The van der Waals surface area contributed by atoms with Gasteiger partial charge in [0, 0.05) is 61.1 Å². The highest BCUT2D eigenvalue weighted by Crippen LogP contribution is 2.66. The Labute approximate surface area is 269 Å². The van der Waals surface area contributed by atoms with Gasteiger partial charge in [0.15, 0.2) is 0 Å². The zero-order valence-electron chi connectivity index (χ0n) is 27.7. The highest BCUT2D eigenvalue weighted by atomic mass is 16.5. The first-order valence-electron chi connectivity index (χ1n) is 17.6. The van der Waals surface area contributed by atoms with Crippen LogP contribution in [0.5, 0.6) is 5.75 Å². The van der Waals surface area contributed by atoms with Crippen LogP contribution in [0.3, 0.4) is 0 Å². The Morgan fingerprint density at radius 3 is 2.60 bits per heavy atom. The quantitative estimate of drug-likeness (QED) is 0.220.